The molecule has 2 unspecified atom stereocenters. The molecule has 2 atom stereocenters. The molecule has 72 valence electrons. The Bertz CT molecular complexity index is 271. The Morgan fingerprint density at radius 1 is 1.23 bits per heavy atom. The summed E-state index contributed by atoms with van der Waals surface area (Å²) in [6, 6.07) is 2.35. The molecule has 1 heteroatoms. The number of aryl methyl sites for hydroxylation is 1. The molecule has 1 nitrogen and oxygen atoms in total. The summed E-state index contributed by atoms with van der Waals surface area (Å²) < 4.78 is 0. The second-order valence-corrected chi connectivity index (χ2v) is 4.03. The number of H-pyrrole nitrogens is 1. The minimum absolute atomic E-state index is 0.892. The molecule has 1 saturated carbocycles. The summed E-state index contributed by atoms with van der Waals surface area (Å²) in [7, 11) is 0. The Labute approximate surface area is 80.6 Å². The molecule has 0 amide bonds. The van der Waals surface area contributed by atoms with Crippen molar-refractivity contribution in [3.63, 3.8) is 0 Å². The fourth-order valence-electron chi connectivity index (χ4n) is 2.83. The van der Waals surface area contributed by atoms with E-state index in [2.05, 4.69) is 18.0 Å². The first-order valence-electron chi connectivity index (χ1n) is 5.54. The van der Waals surface area contributed by atoms with Crippen LogP contribution in [-0.2, 0) is 0 Å². The van der Waals surface area contributed by atoms with Crippen LogP contribution in [0.5, 0.6) is 0 Å². The van der Waals surface area contributed by atoms with Crippen molar-refractivity contribution in [1.29, 1.82) is 0 Å². The van der Waals surface area contributed by atoms with Gasteiger partial charge in [0.05, 0.1) is 0 Å². The van der Waals surface area contributed by atoms with Crippen molar-refractivity contribution in [2.24, 2.45) is 0 Å². The van der Waals surface area contributed by atoms with Gasteiger partial charge in [0.15, 0.2) is 0 Å². The minimum atomic E-state index is 0.892. The number of hydrogen-bond acceptors (Lipinski definition) is 0. The summed E-state index contributed by atoms with van der Waals surface area (Å²) in [5.74, 6) is 1.81. The van der Waals surface area contributed by atoms with E-state index in [0.29, 0.717) is 0 Å². The zero-order chi connectivity index (χ0) is 9.42. The molecule has 2 aliphatic carbocycles. The van der Waals surface area contributed by atoms with Crippen LogP contribution in [0.1, 0.15) is 61.9 Å². The molecule has 2 bridgehead atoms. The summed E-state index contributed by atoms with van der Waals surface area (Å²) in [6.45, 7) is 6.16. The summed E-state index contributed by atoms with van der Waals surface area (Å²) >= 11 is 0. The Morgan fingerprint density at radius 2 is 1.92 bits per heavy atom. The van der Waals surface area contributed by atoms with Crippen molar-refractivity contribution in [3.8, 4) is 0 Å². The number of hydrogen-bond donors (Lipinski definition) is 1. The topological polar surface area (TPSA) is 15.8 Å². The van der Waals surface area contributed by atoms with Crippen molar-refractivity contribution >= 4 is 0 Å². The third kappa shape index (κ3) is 1.21. The average molecular weight is 177 g/mol. The lowest BCUT2D eigenvalue weighted by atomic mass is 9.98. The van der Waals surface area contributed by atoms with Gasteiger partial charge in [-0.15, -0.1) is 0 Å². The van der Waals surface area contributed by atoms with Crippen molar-refractivity contribution in [1.82, 2.24) is 4.98 Å². The second kappa shape index (κ2) is 3.21. The maximum atomic E-state index is 3.49. The summed E-state index contributed by atoms with van der Waals surface area (Å²) in [5, 5.41) is 0. The van der Waals surface area contributed by atoms with Gasteiger partial charge in [-0.05, 0) is 49.7 Å². The highest BCUT2D eigenvalue weighted by molar-refractivity contribution is 5.39. The van der Waals surface area contributed by atoms with Gasteiger partial charge in [-0.2, -0.15) is 0 Å². The Hall–Kier alpha value is -0.720. The number of rotatable bonds is 0. The molecule has 1 aromatic rings. The van der Waals surface area contributed by atoms with Crippen LogP contribution >= 0.6 is 0 Å². The molecule has 1 N–H and O–H groups in total. The van der Waals surface area contributed by atoms with Crippen molar-refractivity contribution in [2.75, 3.05) is 0 Å². The third-order valence-electron chi connectivity index (χ3n) is 3.30. The van der Waals surface area contributed by atoms with E-state index in [0.717, 1.165) is 11.8 Å². The quantitative estimate of drug-likeness (QED) is 0.621. The number of fused-ring (bicyclic) bond motifs is 5. The van der Waals surface area contributed by atoms with Crippen LogP contribution in [0.25, 0.3) is 0 Å². The van der Waals surface area contributed by atoms with Crippen molar-refractivity contribution < 1.29 is 0 Å². The van der Waals surface area contributed by atoms with E-state index in [1.165, 1.54) is 25.0 Å². The standard InChI is InChI=1S/C10H13N.C2H6/c1-6-4-9-7-2-3-8(5-7)10(9)11-6;1-2/h4,7-8,11H,2-3,5H2,1H3;1-2H3. The van der Waals surface area contributed by atoms with Crippen LogP contribution in [0, 0.1) is 6.92 Å². The van der Waals surface area contributed by atoms with E-state index < -0.39 is 0 Å². The van der Waals surface area contributed by atoms with Gasteiger partial charge in [0.2, 0.25) is 0 Å². The normalized spacial score (nSPS) is 28.2. The van der Waals surface area contributed by atoms with Crippen molar-refractivity contribution in [2.45, 2.75) is 51.9 Å². The second-order valence-electron chi connectivity index (χ2n) is 4.03. The van der Waals surface area contributed by atoms with Gasteiger partial charge >= 0.3 is 0 Å². The molecule has 0 spiro atoms. The maximum Gasteiger partial charge on any atom is 0.0216 e. The van der Waals surface area contributed by atoms with Gasteiger partial charge in [0.1, 0.15) is 0 Å². The lowest BCUT2D eigenvalue weighted by Gasteiger charge is -2.08. The fourth-order valence-corrected chi connectivity index (χ4v) is 2.83. The molecule has 13 heavy (non-hydrogen) atoms. The zero-order valence-corrected chi connectivity index (χ0v) is 8.85. The molecule has 1 fully saturated rings. The predicted octanol–water partition coefficient (Wildman–Crippen LogP) is 3.71. The maximum absolute atomic E-state index is 3.49. The molecule has 0 saturated heterocycles. The summed E-state index contributed by atoms with van der Waals surface area (Å²) in [4.78, 5) is 3.49. The number of aromatic amines is 1. The summed E-state index contributed by atoms with van der Waals surface area (Å²) in [5.41, 5.74) is 4.56. The molecule has 1 aromatic heterocycles. The van der Waals surface area contributed by atoms with E-state index in [-0.39, 0.29) is 0 Å². The van der Waals surface area contributed by atoms with Gasteiger partial charge < -0.3 is 4.98 Å². The van der Waals surface area contributed by atoms with E-state index in [4.69, 9.17) is 0 Å². The number of aromatic nitrogens is 1. The van der Waals surface area contributed by atoms with Crippen LogP contribution in [0.3, 0.4) is 0 Å². The molecule has 1 heterocycles. The van der Waals surface area contributed by atoms with Crippen LogP contribution in [0.15, 0.2) is 6.07 Å². The van der Waals surface area contributed by atoms with Gasteiger partial charge in [0.25, 0.3) is 0 Å². The monoisotopic (exact) mass is 177 g/mol. The summed E-state index contributed by atoms with van der Waals surface area (Å²) in [6.07, 6.45) is 4.30. The molecule has 0 radical (unpaired) electrons. The smallest absolute Gasteiger partial charge is 0.0216 e. The van der Waals surface area contributed by atoms with Gasteiger partial charge in [-0.3, -0.25) is 0 Å². The lowest BCUT2D eigenvalue weighted by Crippen LogP contribution is -1.94. The first-order chi connectivity index (χ1) is 6.34. The molecule has 3 rings (SSSR count). The highest BCUT2D eigenvalue weighted by Crippen LogP contribution is 2.52. The van der Waals surface area contributed by atoms with Crippen molar-refractivity contribution in [3.05, 3.63) is 23.0 Å². The highest BCUT2D eigenvalue weighted by Gasteiger charge is 2.37. The third-order valence-corrected chi connectivity index (χ3v) is 3.30. The van der Waals surface area contributed by atoms with Crippen LogP contribution in [-0.4, -0.2) is 4.98 Å². The molecular formula is C12H19N. The molecule has 0 aliphatic heterocycles. The van der Waals surface area contributed by atoms with Crippen LogP contribution < -0.4 is 0 Å². The first kappa shape index (κ1) is 8.86. The first-order valence-corrected chi connectivity index (χ1v) is 5.54. The highest BCUT2D eigenvalue weighted by atomic mass is 14.8. The zero-order valence-electron chi connectivity index (χ0n) is 8.85. The fraction of sp³-hybridized carbons (Fsp3) is 0.667. The Kier molecular flexibility index (Phi) is 2.19. The Balaban J connectivity index is 0.000000308. The van der Waals surface area contributed by atoms with Gasteiger partial charge in [-0.25, -0.2) is 0 Å². The number of nitrogens with one attached hydrogen (secondary N) is 1. The van der Waals surface area contributed by atoms with Crippen LogP contribution in [0.2, 0.25) is 0 Å². The lowest BCUT2D eigenvalue weighted by molar-refractivity contribution is 0.705. The Morgan fingerprint density at radius 3 is 2.62 bits per heavy atom. The predicted molar refractivity (Wildman–Crippen MR) is 56.2 cm³/mol. The van der Waals surface area contributed by atoms with E-state index in [1.807, 2.05) is 13.8 Å². The molecule has 0 aromatic carbocycles. The van der Waals surface area contributed by atoms with Crippen LogP contribution in [0.4, 0.5) is 0 Å². The minimum Gasteiger partial charge on any atom is -0.362 e. The SMILES string of the molecule is CC.Cc1cc2c([nH]1)C1CCC2C1. The van der Waals surface area contributed by atoms with Gasteiger partial charge in [0, 0.05) is 11.4 Å². The van der Waals surface area contributed by atoms with E-state index in [1.54, 1.807) is 11.3 Å². The molecular weight excluding hydrogens is 158 g/mol. The van der Waals surface area contributed by atoms with E-state index >= 15 is 0 Å². The van der Waals surface area contributed by atoms with Gasteiger partial charge in [-0.1, -0.05) is 13.8 Å². The average Bonchev–Trinajstić information content (AvgIpc) is 2.77. The van der Waals surface area contributed by atoms with E-state index in [9.17, 15) is 0 Å². The largest absolute Gasteiger partial charge is 0.362 e. The molecule has 2 aliphatic rings.